The first kappa shape index (κ1) is 17.4. The van der Waals surface area contributed by atoms with Crippen LogP contribution in [0.1, 0.15) is 19.8 Å². The fourth-order valence-corrected chi connectivity index (χ4v) is 2.45. The summed E-state index contributed by atoms with van der Waals surface area (Å²) >= 11 is 0. The summed E-state index contributed by atoms with van der Waals surface area (Å²) in [6.45, 7) is 2.53. The molecule has 1 heterocycles. The van der Waals surface area contributed by atoms with E-state index in [-0.39, 0.29) is 17.2 Å². The van der Waals surface area contributed by atoms with Crippen LogP contribution in [-0.4, -0.2) is 49.4 Å². The second-order valence-corrected chi connectivity index (χ2v) is 7.24. The normalized spacial score (nSPS) is 13.1. The Kier molecular flexibility index (Phi) is 6.10. The number of hydrogen-bond donors (Lipinski definition) is 2. The monoisotopic (exact) mass is 315 g/mol. The molecule has 2 N–H and O–H groups in total. The second-order valence-electron chi connectivity index (χ2n) is 5.09. The van der Waals surface area contributed by atoms with Gasteiger partial charge in [0.1, 0.15) is 10.7 Å². The quantitative estimate of drug-likeness (QED) is 0.749. The van der Waals surface area contributed by atoms with Gasteiger partial charge in [0.15, 0.2) is 0 Å². The Bertz CT molecular complexity index is 570. The van der Waals surface area contributed by atoms with Crippen molar-refractivity contribution < 1.29 is 18.3 Å². The zero-order valence-corrected chi connectivity index (χ0v) is 13.2. The standard InChI is InChI=1S/C13H21N3O4S/c1-10(4-7-13(17)18)8-14-12-6-5-11(9-15-12)21(19,20)16(2)3/h5-6,9-10H,4,7-8H2,1-3H3,(H,14,15)(H,17,18). The smallest absolute Gasteiger partial charge is 0.303 e. The van der Waals surface area contributed by atoms with E-state index in [1.54, 1.807) is 6.07 Å². The summed E-state index contributed by atoms with van der Waals surface area (Å²) in [5.41, 5.74) is 0. The zero-order chi connectivity index (χ0) is 16.0. The van der Waals surface area contributed by atoms with Crippen molar-refractivity contribution in [3.63, 3.8) is 0 Å². The number of anilines is 1. The Morgan fingerprint density at radius 1 is 1.43 bits per heavy atom. The molecule has 0 fully saturated rings. The largest absolute Gasteiger partial charge is 0.481 e. The first-order valence-electron chi connectivity index (χ1n) is 6.57. The Morgan fingerprint density at radius 3 is 2.57 bits per heavy atom. The van der Waals surface area contributed by atoms with E-state index in [4.69, 9.17) is 5.11 Å². The van der Waals surface area contributed by atoms with Crippen molar-refractivity contribution in [3.8, 4) is 0 Å². The summed E-state index contributed by atoms with van der Waals surface area (Å²) < 4.78 is 24.9. The lowest BCUT2D eigenvalue weighted by atomic mass is 10.1. The van der Waals surface area contributed by atoms with E-state index in [0.29, 0.717) is 18.8 Å². The van der Waals surface area contributed by atoms with Crippen LogP contribution in [0.15, 0.2) is 23.2 Å². The van der Waals surface area contributed by atoms with E-state index in [1.807, 2.05) is 6.92 Å². The van der Waals surface area contributed by atoms with E-state index >= 15 is 0 Å². The minimum absolute atomic E-state index is 0.135. The van der Waals surface area contributed by atoms with Crippen LogP contribution in [0, 0.1) is 5.92 Å². The van der Waals surface area contributed by atoms with Crippen LogP contribution in [0.5, 0.6) is 0 Å². The lowest BCUT2D eigenvalue weighted by Crippen LogP contribution is -2.22. The van der Waals surface area contributed by atoms with Gasteiger partial charge in [-0.25, -0.2) is 17.7 Å². The summed E-state index contributed by atoms with van der Waals surface area (Å²) in [6, 6.07) is 3.09. The molecular weight excluding hydrogens is 294 g/mol. The van der Waals surface area contributed by atoms with Crippen molar-refractivity contribution in [2.45, 2.75) is 24.7 Å². The van der Waals surface area contributed by atoms with Gasteiger partial charge >= 0.3 is 5.97 Å². The number of carboxylic acid groups (broad SMARTS) is 1. The van der Waals surface area contributed by atoms with Crippen molar-refractivity contribution in [1.82, 2.24) is 9.29 Å². The molecule has 8 heteroatoms. The first-order chi connectivity index (χ1) is 9.73. The molecule has 21 heavy (non-hydrogen) atoms. The van der Waals surface area contributed by atoms with Crippen molar-refractivity contribution in [3.05, 3.63) is 18.3 Å². The van der Waals surface area contributed by atoms with Crippen LogP contribution < -0.4 is 5.32 Å². The topological polar surface area (TPSA) is 99.6 Å². The van der Waals surface area contributed by atoms with E-state index < -0.39 is 16.0 Å². The third-order valence-corrected chi connectivity index (χ3v) is 4.80. The third-order valence-electron chi connectivity index (χ3n) is 3.00. The summed E-state index contributed by atoms with van der Waals surface area (Å²) in [5, 5.41) is 11.7. The molecule has 0 amide bonds. The number of nitrogens with zero attached hydrogens (tertiary/aromatic N) is 2. The molecule has 0 aliphatic heterocycles. The molecule has 0 saturated heterocycles. The SMILES string of the molecule is CC(CCC(=O)O)CNc1ccc(S(=O)(=O)N(C)C)cn1. The highest BCUT2D eigenvalue weighted by Gasteiger charge is 2.17. The van der Waals surface area contributed by atoms with E-state index in [2.05, 4.69) is 10.3 Å². The number of pyridine rings is 1. The third kappa shape index (κ3) is 5.31. The van der Waals surface area contributed by atoms with Gasteiger partial charge in [-0.1, -0.05) is 6.92 Å². The van der Waals surface area contributed by atoms with Gasteiger partial charge in [-0.05, 0) is 24.5 Å². The summed E-state index contributed by atoms with van der Waals surface area (Å²) in [6.07, 6.45) is 2.02. The summed E-state index contributed by atoms with van der Waals surface area (Å²) in [5.74, 6) is -0.0545. The molecule has 0 aliphatic rings. The molecule has 0 spiro atoms. The number of aliphatic carboxylic acids is 1. The van der Waals surface area contributed by atoms with Gasteiger partial charge in [0.2, 0.25) is 10.0 Å². The molecule has 0 saturated carbocycles. The summed E-state index contributed by atoms with van der Waals surface area (Å²) in [4.78, 5) is 14.7. The van der Waals surface area contributed by atoms with E-state index in [0.717, 1.165) is 4.31 Å². The van der Waals surface area contributed by atoms with Gasteiger partial charge in [0.25, 0.3) is 0 Å². The fourth-order valence-electron chi connectivity index (χ4n) is 1.60. The second kappa shape index (κ2) is 7.37. The Labute approximate surface area is 125 Å². The van der Waals surface area contributed by atoms with Crippen LogP contribution in [0.4, 0.5) is 5.82 Å². The minimum atomic E-state index is -3.47. The molecule has 1 aromatic rings. The molecule has 1 aromatic heterocycles. The van der Waals surface area contributed by atoms with Crippen LogP contribution >= 0.6 is 0 Å². The van der Waals surface area contributed by atoms with Gasteiger partial charge in [0.05, 0.1) is 0 Å². The zero-order valence-electron chi connectivity index (χ0n) is 12.4. The van der Waals surface area contributed by atoms with Gasteiger partial charge in [0, 0.05) is 33.3 Å². The number of rotatable bonds is 8. The first-order valence-corrected chi connectivity index (χ1v) is 8.01. The lowest BCUT2D eigenvalue weighted by Gasteiger charge is -2.13. The lowest BCUT2D eigenvalue weighted by molar-refractivity contribution is -0.137. The highest BCUT2D eigenvalue weighted by atomic mass is 32.2. The molecule has 1 rings (SSSR count). The molecule has 0 aromatic carbocycles. The predicted molar refractivity (Wildman–Crippen MR) is 79.6 cm³/mol. The number of nitrogens with one attached hydrogen (secondary N) is 1. The Hall–Kier alpha value is -1.67. The predicted octanol–water partition coefficient (Wildman–Crippen LogP) is 1.24. The molecule has 7 nitrogen and oxygen atoms in total. The number of hydrogen-bond acceptors (Lipinski definition) is 5. The van der Waals surface area contributed by atoms with Gasteiger partial charge < -0.3 is 10.4 Å². The van der Waals surface area contributed by atoms with Crippen molar-refractivity contribution in [1.29, 1.82) is 0 Å². The average Bonchev–Trinajstić information content (AvgIpc) is 2.43. The number of carbonyl (C=O) groups is 1. The van der Waals surface area contributed by atoms with Crippen molar-refractivity contribution >= 4 is 21.8 Å². The Balaban J connectivity index is 2.58. The number of sulfonamides is 1. The van der Waals surface area contributed by atoms with Crippen molar-refractivity contribution in [2.24, 2.45) is 5.92 Å². The minimum Gasteiger partial charge on any atom is -0.481 e. The molecule has 0 bridgehead atoms. The maximum absolute atomic E-state index is 11.9. The maximum Gasteiger partial charge on any atom is 0.303 e. The molecule has 0 aliphatic carbocycles. The molecule has 1 atom stereocenters. The highest BCUT2D eigenvalue weighted by Crippen LogP contribution is 2.14. The van der Waals surface area contributed by atoms with Crippen molar-refractivity contribution in [2.75, 3.05) is 26.0 Å². The molecule has 118 valence electrons. The van der Waals surface area contributed by atoms with Crippen LogP contribution in [0.25, 0.3) is 0 Å². The van der Waals surface area contributed by atoms with Gasteiger partial charge in [-0.15, -0.1) is 0 Å². The molecule has 1 unspecified atom stereocenters. The molecular formula is C13H21N3O4S. The average molecular weight is 315 g/mol. The number of aromatic nitrogens is 1. The van der Waals surface area contributed by atoms with Crippen LogP contribution in [0.2, 0.25) is 0 Å². The van der Waals surface area contributed by atoms with Crippen LogP contribution in [0.3, 0.4) is 0 Å². The van der Waals surface area contributed by atoms with Gasteiger partial charge in [-0.3, -0.25) is 4.79 Å². The Morgan fingerprint density at radius 2 is 2.10 bits per heavy atom. The summed E-state index contributed by atoms with van der Waals surface area (Å²) in [7, 11) is -0.537. The van der Waals surface area contributed by atoms with E-state index in [1.165, 1.54) is 26.4 Å². The maximum atomic E-state index is 11.9. The van der Waals surface area contributed by atoms with E-state index in [9.17, 15) is 13.2 Å². The highest BCUT2D eigenvalue weighted by molar-refractivity contribution is 7.89. The van der Waals surface area contributed by atoms with Crippen LogP contribution in [-0.2, 0) is 14.8 Å². The fraction of sp³-hybridized carbons (Fsp3) is 0.538. The molecule has 0 radical (unpaired) electrons. The van der Waals surface area contributed by atoms with Gasteiger partial charge in [-0.2, -0.15) is 0 Å². The number of carboxylic acids is 1.